The van der Waals surface area contributed by atoms with E-state index < -0.39 is 26.4 Å². The Balaban J connectivity index is 0.750. The summed E-state index contributed by atoms with van der Waals surface area (Å²) in [4.78, 5) is 66.9. The number of alkyl halides is 2. The average molecular weight is 1010 g/mol. The Morgan fingerprint density at radius 3 is 2.41 bits per heavy atom. The van der Waals surface area contributed by atoms with Gasteiger partial charge in [0, 0.05) is 125 Å². The summed E-state index contributed by atoms with van der Waals surface area (Å²) < 4.78 is 43.3. The van der Waals surface area contributed by atoms with Gasteiger partial charge in [-0.1, -0.05) is 37.8 Å². The molecule has 5 aliphatic heterocycles. The van der Waals surface area contributed by atoms with Crippen LogP contribution in [0.4, 0.5) is 20.2 Å². The van der Waals surface area contributed by atoms with Crippen LogP contribution in [0.15, 0.2) is 73.2 Å². The number of halogens is 2. The van der Waals surface area contributed by atoms with Gasteiger partial charge in [-0.25, -0.2) is 8.78 Å². The molecule has 0 spiro atoms. The molecule has 14 nitrogen and oxygen atoms in total. The van der Waals surface area contributed by atoms with E-state index in [0.717, 1.165) is 96.2 Å². The van der Waals surface area contributed by atoms with Gasteiger partial charge in [0.15, 0.2) is 0 Å². The van der Waals surface area contributed by atoms with Crippen molar-refractivity contribution in [2.24, 2.45) is 7.05 Å². The number of nitrogens with zero attached hydrogens (tertiary/aromatic N) is 8. The number of rotatable bonds is 16. The normalized spacial score (nSPS) is 18.5. The number of amides is 4. The number of aromatic nitrogens is 3. The van der Waals surface area contributed by atoms with Crippen molar-refractivity contribution in [3.8, 4) is 16.9 Å². The Hall–Kier alpha value is -6.30. The number of fused-ring (bicyclic) bond motifs is 3. The number of piperidine rings is 2. The summed E-state index contributed by atoms with van der Waals surface area (Å²) in [6.45, 7) is 13.7. The first-order valence-electron chi connectivity index (χ1n) is 25.8. The summed E-state index contributed by atoms with van der Waals surface area (Å²) in [6, 6.07) is 18.0. The number of anilines is 2. The van der Waals surface area contributed by atoms with Gasteiger partial charge in [0.05, 0.1) is 19.3 Å². The zero-order valence-corrected chi connectivity index (χ0v) is 43.7. The van der Waals surface area contributed by atoms with E-state index >= 15 is 0 Å². The maximum Gasteiger partial charge on any atom is 0.264 e. The molecule has 384 valence electrons. The lowest BCUT2D eigenvalue weighted by Crippen LogP contribution is -2.55. The summed E-state index contributed by atoms with van der Waals surface area (Å²) >= 11 is 0. The standard InChI is InChI=1S/C56H66F2N8O6Si/c1-36(67)63-32-41-24-40(26-51(47(41)33-63)64-18-7-8-39-25-45(42-29-60-61(2)31-42)46(54(57)58)27-50(39)64)38-15-19-62(20-16-38)30-37-11-12-43(59-28-37)17-21-72-52-10-6-9-44-48(52)34-65(55(44)69)49-13-14-53(68)66(56(49)70)35-71-22-23-73(3,4)5/h6,9-12,24-29,31,38,49,54H,7-8,13-23,30,32-35H2,1-5H3. The van der Waals surface area contributed by atoms with E-state index in [0.29, 0.717) is 67.6 Å². The van der Waals surface area contributed by atoms with Crippen LogP contribution in [-0.4, -0.2) is 112 Å². The van der Waals surface area contributed by atoms with Crippen LogP contribution in [0.2, 0.25) is 25.7 Å². The molecule has 1 atom stereocenters. The van der Waals surface area contributed by atoms with Crippen LogP contribution < -0.4 is 9.64 Å². The predicted octanol–water partition coefficient (Wildman–Crippen LogP) is 9.15. The highest BCUT2D eigenvalue weighted by molar-refractivity contribution is 6.76. The largest absolute Gasteiger partial charge is 0.493 e. The molecule has 5 aromatic rings. The average Bonchev–Trinajstić information content (AvgIpc) is 4.11. The van der Waals surface area contributed by atoms with E-state index in [4.69, 9.17) is 14.5 Å². The minimum Gasteiger partial charge on any atom is -0.493 e. The van der Waals surface area contributed by atoms with Gasteiger partial charge in [-0.2, -0.15) is 5.10 Å². The fraction of sp³-hybridized carbons (Fsp3) is 0.464. The summed E-state index contributed by atoms with van der Waals surface area (Å²) in [5, 5.41) is 4.26. The van der Waals surface area contributed by atoms with Gasteiger partial charge in [-0.05, 0) is 121 Å². The molecule has 17 heteroatoms. The number of likely N-dealkylation sites (tertiary alicyclic amines) is 2. The highest BCUT2D eigenvalue weighted by Crippen LogP contribution is 2.46. The van der Waals surface area contributed by atoms with Gasteiger partial charge in [-0.3, -0.25) is 38.6 Å². The predicted molar refractivity (Wildman–Crippen MR) is 276 cm³/mol. The molecular weight excluding hydrogens is 947 g/mol. The number of pyridine rings is 1. The molecule has 10 rings (SSSR count). The summed E-state index contributed by atoms with van der Waals surface area (Å²) in [5.41, 5.74) is 10.8. The lowest BCUT2D eigenvalue weighted by molar-refractivity contribution is -0.158. The number of hydrogen-bond donors (Lipinski definition) is 0. The van der Waals surface area contributed by atoms with Gasteiger partial charge < -0.3 is 24.2 Å². The number of imide groups is 1. The molecule has 73 heavy (non-hydrogen) atoms. The van der Waals surface area contributed by atoms with Crippen molar-refractivity contribution in [1.29, 1.82) is 0 Å². The van der Waals surface area contributed by atoms with Crippen molar-refractivity contribution >= 4 is 43.1 Å². The topological polar surface area (TPSA) is 134 Å². The zero-order chi connectivity index (χ0) is 51.1. The molecule has 7 heterocycles. The van der Waals surface area contributed by atoms with Crippen LogP contribution >= 0.6 is 0 Å². The van der Waals surface area contributed by atoms with E-state index in [1.165, 1.54) is 10.5 Å². The van der Waals surface area contributed by atoms with Crippen molar-refractivity contribution in [2.75, 3.05) is 44.5 Å². The lowest BCUT2D eigenvalue weighted by Gasteiger charge is -2.36. The molecule has 0 radical (unpaired) electrons. The number of carbonyl (C=O) groups is 4. The van der Waals surface area contributed by atoms with Crippen LogP contribution in [0.25, 0.3) is 11.1 Å². The maximum absolute atomic E-state index is 14.8. The number of carbonyl (C=O) groups excluding carboxylic acids is 4. The second-order valence-corrected chi connectivity index (χ2v) is 27.3. The first kappa shape index (κ1) is 50.2. The second-order valence-electron chi connectivity index (χ2n) is 21.7. The van der Waals surface area contributed by atoms with E-state index in [9.17, 15) is 28.0 Å². The minimum atomic E-state index is -2.65. The maximum atomic E-state index is 14.8. The Kier molecular flexibility index (Phi) is 14.4. The van der Waals surface area contributed by atoms with Gasteiger partial charge in [-0.15, -0.1) is 0 Å². The third-order valence-electron chi connectivity index (χ3n) is 15.4. The fourth-order valence-electron chi connectivity index (χ4n) is 11.2. The van der Waals surface area contributed by atoms with Crippen LogP contribution in [0, 0.1) is 0 Å². The van der Waals surface area contributed by atoms with Crippen molar-refractivity contribution in [3.05, 3.63) is 123 Å². The third-order valence-corrected chi connectivity index (χ3v) is 17.1. The van der Waals surface area contributed by atoms with Crippen molar-refractivity contribution in [3.63, 3.8) is 0 Å². The number of ether oxygens (including phenoxy) is 2. The molecule has 2 saturated heterocycles. The van der Waals surface area contributed by atoms with Gasteiger partial charge >= 0.3 is 0 Å². The summed E-state index contributed by atoms with van der Waals surface area (Å²) in [6.07, 6.45) is 7.34. The molecule has 4 amide bonds. The Labute approximate surface area is 427 Å². The number of aryl methyl sites for hydroxylation is 2. The van der Waals surface area contributed by atoms with Gasteiger partial charge in [0.2, 0.25) is 11.8 Å². The molecule has 0 N–H and O–H groups in total. The van der Waals surface area contributed by atoms with Crippen molar-refractivity contribution in [1.82, 2.24) is 34.4 Å². The Bertz CT molecular complexity index is 2910. The minimum absolute atomic E-state index is 0.000281. The molecule has 2 aromatic heterocycles. The molecule has 0 saturated carbocycles. The van der Waals surface area contributed by atoms with E-state index in [1.54, 1.807) is 54.1 Å². The van der Waals surface area contributed by atoms with Crippen molar-refractivity contribution in [2.45, 2.75) is 122 Å². The highest BCUT2D eigenvalue weighted by atomic mass is 28.3. The number of benzene rings is 3. The molecule has 1 unspecified atom stereocenters. The molecule has 2 fully saturated rings. The quantitative estimate of drug-likeness (QED) is 0.0536. The van der Waals surface area contributed by atoms with Crippen LogP contribution in [0.3, 0.4) is 0 Å². The van der Waals surface area contributed by atoms with Crippen LogP contribution in [0.1, 0.15) is 106 Å². The Morgan fingerprint density at radius 1 is 0.863 bits per heavy atom. The SMILES string of the molecule is CC(=O)N1Cc2cc(C3CCN(Cc4ccc(CCOc5cccc6c5CN(C5CCC(=O)N(COCC[Si](C)(C)C)C5=O)C6=O)nc4)CC3)cc(N3CCCc4cc(-c5cnn(C)c5)c(C(F)F)cc43)c2C1. The zero-order valence-electron chi connectivity index (χ0n) is 42.7. The van der Waals surface area contributed by atoms with Gasteiger partial charge in [0.1, 0.15) is 18.5 Å². The van der Waals surface area contributed by atoms with Crippen molar-refractivity contribution < 1.29 is 37.4 Å². The first-order valence-corrected chi connectivity index (χ1v) is 29.6. The molecule has 0 bridgehead atoms. The fourth-order valence-corrected chi connectivity index (χ4v) is 12.0. The third kappa shape index (κ3) is 10.7. The molecular formula is C56H66F2N8O6Si. The van der Waals surface area contributed by atoms with E-state index in [1.807, 2.05) is 29.3 Å². The monoisotopic (exact) mass is 1010 g/mol. The molecule has 0 aliphatic carbocycles. The van der Waals surface area contributed by atoms with E-state index in [2.05, 4.69) is 52.7 Å². The molecule has 5 aliphatic rings. The van der Waals surface area contributed by atoms with Crippen LogP contribution in [0.5, 0.6) is 5.75 Å². The summed E-state index contributed by atoms with van der Waals surface area (Å²) in [7, 11) is 0.450. The molecule has 3 aromatic carbocycles. The summed E-state index contributed by atoms with van der Waals surface area (Å²) in [5.74, 6) is 0.0321. The Morgan fingerprint density at radius 2 is 1.68 bits per heavy atom. The smallest absolute Gasteiger partial charge is 0.264 e. The number of hydrogen-bond acceptors (Lipinski definition) is 10. The van der Waals surface area contributed by atoms with Crippen LogP contribution in [-0.2, 0) is 65.2 Å². The lowest BCUT2D eigenvalue weighted by atomic mass is 9.86. The highest BCUT2D eigenvalue weighted by Gasteiger charge is 2.44. The van der Waals surface area contributed by atoms with Gasteiger partial charge in [0.25, 0.3) is 18.2 Å². The second kappa shape index (κ2) is 20.9. The first-order chi connectivity index (χ1) is 35.1. The van der Waals surface area contributed by atoms with E-state index in [-0.39, 0.29) is 49.4 Å².